The van der Waals surface area contributed by atoms with Gasteiger partial charge < -0.3 is 4.74 Å². The van der Waals surface area contributed by atoms with Crippen molar-refractivity contribution >= 4 is 10.9 Å². The number of aryl methyl sites for hydroxylation is 1. The topological polar surface area (TPSA) is 27.1 Å². The molecule has 0 bridgehead atoms. The second-order valence-corrected chi connectivity index (χ2v) is 7.33. The van der Waals surface area contributed by atoms with Gasteiger partial charge in [-0.1, -0.05) is 58.1 Å². The maximum absolute atomic E-state index is 5.90. The van der Waals surface area contributed by atoms with Gasteiger partial charge in [-0.05, 0) is 55.2 Å². The van der Waals surface area contributed by atoms with E-state index in [1.54, 1.807) is 0 Å². The van der Waals surface area contributed by atoms with Crippen molar-refractivity contribution < 1.29 is 4.74 Å². The molecule has 0 aliphatic heterocycles. The molecule has 1 aromatic heterocycles. The molecule has 0 radical (unpaired) electrons. The molecule has 0 amide bonds. The number of rotatable bonds is 11. The average Bonchev–Trinajstić information content (AvgIpc) is 3.12. The number of nitrogens with zero attached hydrogens (tertiary/aromatic N) is 2. The van der Waals surface area contributed by atoms with E-state index in [2.05, 4.69) is 50.4 Å². The van der Waals surface area contributed by atoms with Gasteiger partial charge >= 0.3 is 0 Å². The van der Waals surface area contributed by atoms with E-state index in [0.717, 1.165) is 41.8 Å². The predicted molar refractivity (Wildman–Crippen MR) is 114 cm³/mol. The number of hydrogen-bond donors (Lipinski definition) is 0. The van der Waals surface area contributed by atoms with Crippen LogP contribution in [0.1, 0.15) is 64.4 Å². The van der Waals surface area contributed by atoms with Gasteiger partial charge in [-0.25, -0.2) is 4.68 Å². The zero-order valence-electron chi connectivity index (χ0n) is 16.8. The zero-order chi connectivity index (χ0) is 18.9. The van der Waals surface area contributed by atoms with Crippen LogP contribution in [0.25, 0.3) is 16.6 Å². The third-order valence-electron chi connectivity index (χ3n) is 5.01. The molecule has 3 heteroatoms. The summed E-state index contributed by atoms with van der Waals surface area (Å²) in [7, 11) is 0. The molecule has 3 nitrogen and oxygen atoms in total. The van der Waals surface area contributed by atoms with Crippen LogP contribution in [0.5, 0.6) is 5.75 Å². The molecule has 0 saturated heterocycles. The molecule has 3 rings (SSSR count). The molecular formula is C24H32N2O. The van der Waals surface area contributed by atoms with Crippen LogP contribution in [0, 0.1) is 0 Å². The lowest BCUT2D eigenvalue weighted by atomic mass is 10.1. The van der Waals surface area contributed by atoms with Crippen LogP contribution in [-0.2, 0) is 6.42 Å². The minimum atomic E-state index is 0.791. The Morgan fingerprint density at radius 3 is 2.41 bits per heavy atom. The maximum atomic E-state index is 5.90. The van der Waals surface area contributed by atoms with Crippen LogP contribution < -0.4 is 4.74 Å². The quantitative estimate of drug-likeness (QED) is 0.353. The van der Waals surface area contributed by atoms with Crippen molar-refractivity contribution in [1.82, 2.24) is 9.78 Å². The van der Waals surface area contributed by atoms with Gasteiger partial charge in [0.25, 0.3) is 0 Å². The molecule has 0 aliphatic carbocycles. The third kappa shape index (κ3) is 5.59. The van der Waals surface area contributed by atoms with Crippen molar-refractivity contribution in [3.63, 3.8) is 0 Å². The largest absolute Gasteiger partial charge is 0.494 e. The van der Waals surface area contributed by atoms with Gasteiger partial charge in [0.1, 0.15) is 5.75 Å². The smallest absolute Gasteiger partial charge is 0.120 e. The molecule has 1 heterocycles. The zero-order valence-corrected chi connectivity index (χ0v) is 16.8. The fourth-order valence-corrected chi connectivity index (χ4v) is 3.34. The Hall–Kier alpha value is -2.29. The fraction of sp³-hybridized carbons (Fsp3) is 0.458. The number of unbranched alkanes of at least 4 members (excludes halogenated alkanes) is 5. The van der Waals surface area contributed by atoms with Crippen LogP contribution in [0.4, 0.5) is 0 Å². The number of aromatic nitrogens is 2. The van der Waals surface area contributed by atoms with Crippen molar-refractivity contribution in [2.75, 3.05) is 6.61 Å². The van der Waals surface area contributed by atoms with E-state index in [9.17, 15) is 0 Å². The van der Waals surface area contributed by atoms with Gasteiger partial charge in [0.15, 0.2) is 0 Å². The molecule has 0 atom stereocenters. The lowest BCUT2D eigenvalue weighted by Crippen LogP contribution is -1.96. The molecule has 3 aromatic rings. The van der Waals surface area contributed by atoms with Gasteiger partial charge in [0.05, 0.1) is 17.8 Å². The maximum Gasteiger partial charge on any atom is 0.120 e. The standard InChI is InChI=1S/C24H32N2O/c1-3-5-7-9-17-27-23-15-16-24-21(18-23)19-26(25-24)22-13-11-20(12-14-22)10-8-6-4-2/h11-16,18-19H,3-10,17H2,1-2H3. The van der Waals surface area contributed by atoms with Crippen LogP contribution in [0.15, 0.2) is 48.7 Å². The highest BCUT2D eigenvalue weighted by Gasteiger charge is 2.05. The van der Waals surface area contributed by atoms with Gasteiger partial charge in [-0.3, -0.25) is 0 Å². The van der Waals surface area contributed by atoms with Gasteiger partial charge in [0.2, 0.25) is 0 Å². The van der Waals surface area contributed by atoms with Crippen molar-refractivity contribution in [2.24, 2.45) is 0 Å². The lowest BCUT2D eigenvalue weighted by molar-refractivity contribution is 0.305. The SMILES string of the molecule is CCCCCCOc1ccc2nn(-c3ccc(CCCCC)cc3)cc2c1. The Morgan fingerprint density at radius 1 is 0.852 bits per heavy atom. The Balaban J connectivity index is 1.63. The second kappa shape index (κ2) is 10.1. The van der Waals surface area contributed by atoms with Crippen LogP contribution in [0.2, 0.25) is 0 Å². The molecule has 0 saturated carbocycles. The molecule has 27 heavy (non-hydrogen) atoms. The van der Waals surface area contributed by atoms with Gasteiger partial charge in [-0.2, -0.15) is 5.10 Å². The van der Waals surface area contributed by atoms with Crippen LogP contribution in [0.3, 0.4) is 0 Å². The molecule has 0 aliphatic rings. The number of hydrogen-bond acceptors (Lipinski definition) is 2. The van der Waals surface area contributed by atoms with Crippen molar-refractivity contribution in [3.8, 4) is 11.4 Å². The fourth-order valence-electron chi connectivity index (χ4n) is 3.34. The van der Waals surface area contributed by atoms with Crippen molar-refractivity contribution in [1.29, 1.82) is 0 Å². The molecule has 2 aromatic carbocycles. The summed E-state index contributed by atoms with van der Waals surface area (Å²) >= 11 is 0. The highest BCUT2D eigenvalue weighted by Crippen LogP contribution is 2.22. The van der Waals surface area contributed by atoms with Gasteiger partial charge in [0, 0.05) is 11.6 Å². The summed E-state index contributed by atoms with van der Waals surface area (Å²) in [5, 5.41) is 5.83. The summed E-state index contributed by atoms with van der Waals surface area (Å²) in [4.78, 5) is 0. The van der Waals surface area contributed by atoms with E-state index < -0.39 is 0 Å². The minimum Gasteiger partial charge on any atom is -0.494 e. The summed E-state index contributed by atoms with van der Waals surface area (Å²) < 4.78 is 7.86. The first-order chi connectivity index (χ1) is 13.3. The molecule has 0 N–H and O–H groups in total. The minimum absolute atomic E-state index is 0.791. The summed E-state index contributed by atoms with van der Waals surface area (Å²) in [6.07, 6.45) is 12.0. The first kappa shape index (κ1) is 19.5. The van der Waals surface area contributed by atoms with Crippen molar-refractivity contribution in [2.45, 2.75) is 65.2 Å². The van der Waals surface area contributed by atoms with E-state index in [-0.39, 0.29) is 0 Å². The average molecular weight is 365 g/mol. The van der Waals surface area contributed by atoms with Crippen LogP contribution >= 0.6 is 0 Å². The Morgan fingerprint density at radius 2 is 1.63 bits per heavy atom. The normalized spacial score (nSPS) is 11.2. The van der Waals surface area contributed by atoms with Crippen molar-refractivity contribution in [3.05, 3.63) is 54.2 Å². The first-order valence-electron chi connectivity index (χ1n) is 10.5. The highest BCUT2D eigenvalue weighted by molar-refractivity contribution is 5.80. The first-order valence-corrected chi connectivity index (χ1v) is 10.5. The molecular weight excluding hydrogens is 332 g/mol. The van der Waals surface area contributed by atoms with E-state index in [0.29, 0.717) is 0 Å². The number of benzene rings is 2. The van der Waals surface area contributed by atoms with E-state index in [1.807, 2.05) is 16.8 Å². The summed E-state index contributed by atoms with van der Waals surface area (Å²) in [6.45, 7) is 5.26. The van der Waals surface area contributed by atoms with E-state index >= 15 is 0 Å². The van der Waals surface area contributed by atoms with Gasteiger partial charge in [-0.15, -0.1) is 0 Å². The van der Waals surface area contributed by atoms with E-state index in [4.69, 9.17) is 9.84 Å². The predicted octanol–water partition coefficient (Wildman–Crippen LogP) is 6.72. The number of fused-ring (bicyclic) bond motifs is 1. The second-order valence-electron chi connectivity index (χ2n) is 7.33. The molecule has 144 valence electrons. The molecule has 0 fully saturated rings. The Kier molecular flexibility index (Phi) is 7.32. The highest BCUT2D eigenvalue weighted by atomic mass is 16.5. The molecule has 0 spiro atoms. The molecule has 0 unspecified atom stereocenters. The summed E-state index contributed by atoms with van der Waals surface area (Å²) in [5.74, 6) is 0.935. The summed E-state index contributed by atoms with van der Waals surface area (Å²) in [5.41, 5.74) is 3.51. The van der Waals surface area contributed by atoms with Crippen LogP contribution in [-0.4, -0.2) is 16.4 Å². The third-order valence-corrected chi connectivity index (χ3v) is 5.01. The van der Waals surface area contributed by atoms with E-state index in [1.165, 1.54) is 44.1 Å². The lowest BCUT2D eigenvalue weighted by Gasteiger charge is -2.05. The Labute approximate surface area is 163 Å². The number of ether oxygens (including phenoxy) is 1. The summed E-state index contributed by atoms with van der Waals surface area (Å²) in [6, 6.07) is 14.9. The Bertz CT molecular complexity index is 820. The monoisotopic (exact) mass is 364 g/mol.